The summed E-state index contributed by atoms with van der Waals surface area (Å²) in [5.41, 5.74) is 0.598. The molecule has 0 saturated carbocycles. The van der Waals surface area contributed by atoms with Crippen molar-refractivity contribution in [3.63, 3.8) is 0 Å². The highest BCUT2D eigenvalue weighted by Gasteiger charge is 2.43. The number of anilines is 1. The van der Waals surface area contributed by atoms with Gasteiger partial charge >= 0.3 is 12.1 Å². The molecule has 1 aromatic rings. The van der Waals surface area contributed by atoms with Crippen molar-refractivity contribution >= 4 is 23.4 Å². The lowest BCUT2D eigenvalue weighted by Gasteiger charge is -2.31. The quantitative estimate of drug-likeness (QED) is 0.858. The van der Waals surface area contributed by atoms with Crippen LogP contribution in [0, 0.1) is 5.92 Å². The fourth-order valence-corrected chi connectivity index (χ4v) is 2.56. The molecule has 1 fully saturated rings. The Labute approximate surface area is 142 Å². The molecule has 2 N–H and O–H groups in total. The smallest absolute Gasteiger partial charge is 0.347 e. The first kappa shape index (κ1) is 18.8. The average Bonchev–Trinajstić information content (AvgIpc) is 2.59. The van der Waals surface area contributed by atoms with Crippen molar-refractivity contribution in [2.75, 3.05) is 25.0 Å². The van der Waals surface area contributed by atoms with E-state index in [1.54, 1.807) is 30.3 Å². The van der Waals surface area contributed by atoms with E-state index in [9.17, 15) is 27.6 Å². The van der Waals surface area contributed by atoms with Crippen LogP contribution in [-0.4, -0.2) is 48.4 Å². The number of carbonyl (C=O) groups is 3. The van der Waals surface area contributed by atoms with Crippen LogP contribution >= 0.6 is 0 Å². The highest BCUT2D eigenvalue weighted by Crippen LogP contribution is 2.23. The molecule has 1 saturated heterocycles. The number of rotatable bonds is 4. The Kier molecular flexibility index (Phi) is 6.00. The van der Waals surface area contributed by atoms with Crippen molar-refractivity contribution < 1.29 is 27.6 Å². The van der Waals surface area contributed by atoms with E-state index in [0.29, 0.717) is 10.6 Å². The third kappa shape index (κ3) is 5.47. The molecule has 0 aliphatic carbocycles. The molecular weight excluding hydrogens is 339 g/mol. The first-order chi connectivity index (χ1) is 11.8. The van der Waals surface area contributed by atoms with Crippen LogP contribution in [0.2, 0.25) is 0 Å². The van der Waals surface area contributed by atoms with Crippen LogP contribution in [0.4, 0.5) is 18.9 Å². The second-order valence-electron chi connectivity index (χ2n) is 5.70. The number of piperidine rings is 1. The van der Waals surface area contributed by atoms with E-state index in [0.717, 1.165) is 0 Å². The molecule has 1 aliphatic heterocycles. The number of benzene rings is 1. The van der Waals surface area contributed by atoms with Gasteiger partial charge in [0, 0.05) is 24.7 Å². The van der Waals surface area contributed by atoms with Crippen molar-refractivity contribution in [1.29, 1.82) is 0 Å². The number of halogens is 3. The molecule has 1 aromatic carbocycles. The van der Waals surface area contributed by atoms with E-state index in [1.165, 1.54) is 0 Å². The van der Waals surface area contributed by atoms with Gasteiger partial charge in [-0.3, -0.25) is 14.4 Å². The summed E-state index contributed by atoms with van der Waals surface area (Å²) in [5, 5.41) is 5.08. The molecule has 3 amide bonds. The summed E-state index contributed by atoms with van der Waals surface area (Å²) < 4.78 is 37.1. The molecule has 0 atom stereocenters. The van der Waals surface area contributed by atoms with Crippen molar-refractivity contribution in [3.05, 3.63) is 30.3 Å². The molecule has 0 aromatic heterocycles. The Morgan fingerprint density at radius 3 is 2.24 bits per heavy atom. The molecule has 1 aliphatic rings. The molecule has 0 radical (unpaired) electrons. The summed E-state index contributed by atoms with van der Waals surface area (Å²) in [6.07, 6.45) is -4.63. The monoisotopic (exact) mass is 357 g/mol. The minimum Gasteiger partial charge on any atom is -0.347 e. The summed E-state index contributed by atoms with van der Waals surface area (Å²) in [4.78, 5) is 35.6. The lowest BCUT2D eigenvalue weighted by Crippen LogP contribution is -2.48. The van der Waals surface area contributed by atoms with Gasteiger partial charge < -0.3 is 15.5 Å². The van der Waals surface area contributed by atoms with Crippen LogP contribution in [0.5, 0.6) is 0 Å². The molecule has 0 bridgehead atoms. The van der Waals surface area contributed by atoms with Crippen molar-refractivity contribution in [2.24, 2.45) is 5.92 Å². The van der Waals surface area contributed by atoms with Crippen LogP contribution in [-0.2, 0) is 14.4 Å². The summed E-state index contributed by atoms with van der Waals surface area (Å²) in [7, 11) is 0. The van der Waals surface area contributed by atoms with Gasteiger partial charge in [0.2, 0.25) is 11.8 Å². The van der Waals surface area contributed by atoms with Gasteiger partial charge in [0.05, 0.1) is 6.54 Å². The van der Waals surface area contributed by atoms with Gasteiger partial charge in [-0.15, -0.1) is 0 Å². The number of hydrogen-bond acceptors (Lipinski definition) is 3. The van der Waals surface area contributed by atoms with Gasteiger partial charge in [0.15, 0.2) is 0 Å². The minimum atomic E-state index is -4.90. The largest absolute Gasteiger partial charge is 0.471 e. The zero-order valence-electron chi connectivity index (χ0n) is 13.3. The predicted octanol–water partition coefficient (Wildman–Crippen LogP) is 1.54. The second kappa shape index (κ2) is 8.00. The van der Waals surface area contributed by atoms with Crippen molar-refractivity contribution in [3.8, 4) is 0 Å². The van der Waals surface area contributed by atoms with Gasteiger partial charge in [-0.25, -0.2) is 0 Å². The van der Waals surface area contributed by atoms with E-state index < -0.39 is 29.8 Å². The number of nitrogens with zero attached hydrogens (tertiary/aromatic N) is 1. The molecular formula is C16H18F3N3O3. The van der Waals surface area contributed by atoms with Crippen molar-refractivity contribution in [2.45, 2.75) is 19.0 Å². The highest BCUT2D eigenvalue weighted by molar-refractivity contribution is 5.94. The van der Waals surface area contributed by atoms with Crippen LogP contribution in [0.25, 0.3) is 0 Å². The lowest BCUT2D eigenvalue weighted by atomic mass is 9.96. The fourth-order valence-electron chi connectivity index (χ4n) is 2.56. The molecule has 25 heavy (non-hydrogen) atoms. The topological polar surface area (TPSA) is 78.5 Å². The Morgan fingerprint density at radius 2 is 1.68 bits per heavy atom. The van der Waals surface area contributed by atoms with E-state index in [-0.39, 0.29) is 32.5 Å². The first-order valence-electron chi connectivity index (χ1n) is 7.76. The maximum atomic E-state index is 12.4. The maximum Gasteiger partial charge on any atom is 0.471 e. The summed E-state index contributed by atoms with van der Waals surface area (Å²) in [6.45, 7) is -0.491. The van der Waals surface area contributed by atoms with Crippen molar-refractivity contribution in [1.82, 2.24) is 10.2 Å². The fraction of sp³-hybridized carbons (Fsp3) is 0.438. The second-order valence-corrected chi connectivity index (χ2v) is 5.70. The number of para-hydroxylation sites is 1. The van der Waals surface area contributed by atoms with Crippen LogP contribution in [0.3, 0.4) is 0 Å². The maximum absolute atomic E-state index is 12.4. The Hall–Kier alpha value is -2.58. The van der Waals surface area contributed by atoms with Gasteiger partial charge in [0.1, 0.15) is 0 Å². The Balaban J connectivity index is 1.74. The van der Waals surface area contributed by atoms with E-state index >= 15 is 0 Å². The number of carbonyl (C=O) groups excluding carboxylic acids is 3. The lowest BCUT2D eigenvalue weighted by molar-refractivity contribution is -0.186. The number of likely N-dealkylation sites (tertiary alicyclic amines) is 1. The third-order valence-corrected chi connectivity index (χ3v) is 3.88. The minimum absolute atomic E-state index is 0.132. The van der Waals surface area contributed by atoms with E-state index in [4.69, 9.17) is 0 Å². The molecule has 0 unspecified atom stereocenters. The molecule has 2 rings (SSSR count). The molecule has 1 heterocycles. The number of nitrogens with one attached hydrogen (secondary N) is 2. The third-order valence-electron chi connectivity index (χ3n) is 3.88. The molecule has 9 heteroatoms. The summed E-state index contributed by atoms with van der Waals surface area (Å²) in [6, 6.07) is 8.71. The van der Waals surface area contributed by atoms with Crippen LogP contribution < -0.4 is 10.6 Å². The number of amides is 3. The SMILES string of the molecule is O=C(CNC(=O)C1CCN(C(=O)C(F)(F)F)CC1)Nc1ccccc1. The van der Waals surface area contributed by atoms with E-state index in [2.05, 4.69) is 10.6 Å². The summed E-state index contributed by atoms with van der Waals surface area (Å²) in [5.74, 6) is -3.19. The predicted molar refractivity (Wildman–Crippen MR) is 83.4 cm³/mol. The molecule has 0 spiro atoms. The normalized spacial score (nSPS) is 15.6. The van der Waals surface area contributed by atoms with E-state index in [1.807, 2.05) is 0 Å². The Bertz CT molecular complexity index is 627. The summed E-state index contributed by atoms with van der Waals surface area (Å²) >= 11 is 0. The zero-order valence-corrected chi connectivity index (χ0v) is 13.3. The highest BCUT2D eigenvalue weighted by atomic mass is 19.4. The molecule has 136 valence electrons. The molecule has 6 nitrogen and oxygen atoms in total. The van der Waals surface area contributed by atoms with Gasteiger partial charge in [0.25, 0.3) is 0 Å². The number of alkyl halides is 3. The zero-order chi connectivity index (χ0) is 18.4. The van der Waals surface area contributed by atoms with Crippen LogP contribution in [0.15, 0.2) is 30.3 Å². The Morgan fingerprint density at radius 1 is 1.08 bits per heavy atom. The average molecular weight is 357 g/mol. The van der Waals surface area contributed by atoms with Gasteiger partial charge in [-0.05, 0) is 25.0 Å². The van der Waals surface area contributed by atoms with Gasteiger partial charge in [-0.2, -0.15) is 13.2 Å². The van der Waals surface area contributed by atoms with Crippen LogP contribution in [0.1, 0.15) is 12.8 Å². The first-order valence-corrected chi connectivity index (χ1v) is 7.76. The number of hydrogen-bond donors (Lipinski definition) is 2. The van der Waals surface area contributed by atoms with Gasteiger partial charge in [-0.1, -0.05) is 18.2 Å². The standard InChI is InChI=1S/C16H18F3N3O3/c17-16(18,19)15(25)22-8-6-11(7-9-22)14(24)20-10-13(23)21-12-4-2-1-3-5-12/h1-5,11H,6-10H2,(H,20,24)(H,21,23).